The minimum atomic E-state index is -0.216. The second-order valence-electron chi connectivity index (χ2n) is 5.55. The molecule has 20 heavy (non-hydrogen) atoms. The molecule has 3 nitrogen and oxygen atoms in total. The molecule has 1 aromatic carbocycles. The Bertz CT molecular complexity index is 466. The summed E-state index contributed by atoms with van der Waals surface area (Å²) in [7, 11) is 1.65. The molecule has 0 atom stereocenters. The van der Waals surface area contributed by atoms with E-state index >= 15 is 0 Å². The zero-order valence-electron chi connectivity index (χ0n) is 12.5. The highest BCUT2D eigenvalue weighted by molar-refractivity contribution is 6.31. The lowest BCUT2D eigenvalue weighted by molar-refractivity contribution is 0.405. The molecule has 0 unspecified atom stereocenters. The van der Waals surface area contributed by atoms with Crippen LogP contribution < -0.4 is 10.1 Å². The highest BCUT2D eigenvalue weighted by Gasteiger charge is 2.15. The number of methoxy groups -OCH3 is 1. The van der Waals surface area contributed by atoms with Crippen LogP contribution in [0.25, 0.3) is 0 Å². The summed E-state index contributed by atoms with van der Waals surface area (Å²) in [6.07, 6.45) is 3.03. The third kappa shape index (κ3) is 5.40. The van der Waals surface area contributed by atoms with Crippen molar-refractivity contribution in [2.45, 2.75) is 39.7 Å². The zero-order chi connectivity index (χ0) is 15.0. The number of rotatable bonds is 8. The Morgan fingerprint density at radius 3 is 2.75 bits per heavy atom. The number of unbranched alkanes of at least 4 members (excludes halogenated alkanes) is 1. The van der Waals surface area contributed by atoms with Gasteiger partial charge in [-0.1, -0.05) is 24.1 Å². The second kappa shape index (κ2) is 8.14. The third-order valence-corrected chi connectivity index (χ3v) is 3.66. The summed E-state index contributed by atoms with van der Waals surface area (Å²) >= 11 is 6.17. The van der Waals surface area contributed by atoms with E-state index in [4.69, 9.17) is 21.6 Å². The maximum atomic E-state index is 8.94. The molecule has 0 saturated carbocycles. The van der Waals surface area contributed by atoms with Gasteiger partial charge in [-0.15, -0.1) is 0 Å². The van der Waals surface area contributed by atoms with Crippen molar-refractivity contribution in [3.05, 3.63) is 28.8 Å². The van der Waals surface area contributed by atoms with Crippen molar-refractivity contribution in [2.24, 2.45) is 5.41 Å². The first-order valence-corrected chi connectivity index (χ1v) is 7.31. The Kier molecular flexibility index (Phi) is 6.84. The van der Waals surface area contributed by atoms with Gasteiger partial charge in [-0.05, 0) is 45.4 Å². The van der Waals surface area contributed by atoms with Crippen molar-refractivity contribution in [1.82, 2.24) is 5.32 Å². The fourth-order valence-electron chi connectivity index (χ4n) is 1.99. The SMILES string of the molecule is COc1cccc(Cl)c1CNCCCCC(C)(C)C#N. The average Bonchev–Trinajstić information content (AvgIpc) is 2.43. The van der Waals surface area contributed by atoms with Gasteiger partial charge in [0.2, 0.25) is 0 Å². The van der Waals surface area contributed by atoms with Gasteiger partial charge in [0.15, 0.2) is 0 Å². The molecule has 0 fully saturated rings. The highest BCUT2D eigenvalue weighted by Crippen LogP contribution is 2.26. The molecule has 0 heterocycles. The number of ether oxygens (including phenoxy) is 1. The van der Waals surface area contributed by atoms with E-state index in [1.807, 2.05) is 32.0 Å². The van der Waals surface area contributed by atoms with Crippen LogP contribution in [0.15, 0.2) is 18.2 Å². The number of hydrogen-bond acceptors (Lipinski definition) is 3. The summed E-state index contributed by atoms with van der Waals surface area (Å²) < 4.78 is 5.30. The van der Waals surface area contributed by atoms with Crippen LogP contribution in [0.5, 0.6) is 5.75 Å². The molecule has 1 rings (SSSR count). The molecular weight excluding hydrogens is 272 g/mol. The lowest BCUT2D eigenvalue weighted by atomic mass is 9.89. The number of nitriles is 1. The van der Waals surface area contributed by atoms with Crippen LogP contribution >= 0.6 is 11.6 Å². The smallest absolute Gasteiger partial charge is 0.124 e. The first-order chi connectivity index (χ1) is 9.50. The van der Waals surface area contributed by atoms with Gasteiger partial charge in [0.05, 0.1) is 18.6 Å². The maximum Gasteiger partial charge on any atom is 0.124 e. The molecule has 0 spiro atoms. The van der Waals surface area contributed by atoms with E-state index in [1.165, 1.54) is 0 Å². The van der Waals surface area contributed by atoms with E-state index in [-0.39, 0.29) is 5.41 Å². The molecule has 0 aliphatic rings. The second-order valence-corrected chi connectivity index (χ2v) is 5.96. The third-order valence-electron chi connectivity index (χ3n) is 3.31. The Labute approximate surface area is 126 Å². The predicted molar refractivity (Wildman–Crippen MR) is 83.0 cm³/mol. The number of halogens is 1. The molecule has 0 aliphatic heterocycles. The van der Waals surface area contributed by atoms with Crippen LogP contribution in [-0.2, 0) is 6.54 Å². The van der Waals surface area contributed by atoms with E-state index in [2.05, 4.69) is 11.4 Å². The van der Waals surface area contributed by atoms with Gasteiger partial charge >= 0.3 is 0 Å². The van der Waals surface area contributed by atoms with E-state index in [1.54, 1.807) is 7.11 Å². The summed E-state index contributed by atoms with van der Waals surface area (Å²) in [5.74, 6) is 0.815. The van der Waals surface area contributed by atoms with Crippen molar-refractivity contribution in [1.29, 1.82) is 5.26 Å². The van der Waals surface area contributed by atoms with Gasteiger partial charge < -0.3 is 10.1 Å². The van der Waals surface area contributed by atoms with E-state index in [0.717, 1.165) is 42.1 Å². The van der Waals surface area contributed by atoms with Gasteiger partial charge in [0.1, 0.15) is 5.75 Å². The summed E-state index contributed by atoms with van der Waals surface area (Å²) in [4.78, 5) is 0. The van der Waals surface area contributed by atoms with Gasteiger partial charge in [0, 0.05) is 17.1 Å². The van der Waals surface area contributed by atoms with E-state index < -0.39 is 0 Å². The van der Waals surface area contributed by atoms with Crippen molar-refractivity contribution >= 4 is 11.6 Å². The van der Waals surface area contributed by atoms with E-state index in [0.29, 0.717) is 6.54 Å². The molecule has 0 amide bonds. The lowest BCUT2D eigenvalue weighted by Gasteiger charge is -2.15. The average molecular weight is 295 g/mol. The first kappa shape index (κ1) is 16.8. The van der Waals surface area contributed by atoms with Crippen LogP contribution in [0.1, 0.15) is 38.7 Å². The van der Waals surface area contributed by atoms with Crippen LogP contribution in [0.3, 0.4) is 0 Å². The number of nitrogens with one attached hydrogen (secondary N) is 1. The van der Waals surface area contributed by atoms with Crippen LogP contribution in [-0.4, -0.2) is 13.7 Å². The fraction of sp³-hybridized carbons (Fsp3) is 0.562. The molecule has 0 aromatic heterocycles. The molecule has 1 N–H and O–H groups in total. The molecular formula is C16H23ClN2O. The molecule has 110 valence electrons. The quantitative estimate of drug-likeness (QED) is 0.732. The number of nitrogens with zero attached hydrogens (tertiary/aromatic N) is 1. The summed E-state index contributed by atoms with van der Waals surface area (Å²) in [6, 6.07) is 8.00. The summed E-state index contributed by atoms with van der Waals surface area (Å²) in [5.41, 5.74) is 0.778. The summed E-state index contributed by atoms with van der Waals surface area (Å²) in [5, 5.41) is 13.0. The first-order valence-electron chi connectivity index (χ1n) is 6.93. The Balaban J connectivity index is 2.31. The lowest BCUT2D eigenvalue weighted by Crippen LogP contribution is -2.16. The van der Waals surface area contributed by atoms with Crippen LogP contribution in [0.2, 0.25) is 5.02 Å². The van der Waals surface area contributed by atoms with Crippen molar-refractivity contribution in [3.8, 4) is 11.8 Å². The molecule has 4 heteroatoms. The molecule has 0 radical (unpaired) electrons. The monoisotopic (exact) mass is 294 g/mol. The highest BCUT2D eigenvalue weighted by atomic mass is 35.5. The van der Waals surface area contributed by atoms with Crippen LogP contribution in [0.4, 0.5) is 0 Å². The Morgan fingerprint density at radius 2 is 2.10 bits per heavy atom. The van der Waals surface area contributed by atoms with E-state index in [9.17, 15) is 0 Å². The Morgan fingerprint density at radius 1 is 1.35 bits per heavy atom. The minimum Gasteiger partial charge on any atom is -0.496 e. The summed E-state index contributed by atoms with van der Waals surface area (Å²) in [6.45, 7) is 5.57. The molecule has 0 saturated heterocycles. The predicted octanol–water partition coefficient (Wildman–Crippen LogP) is 4.16. The van der Waals surface area contributed by atoms with Crippen molar-refractivity contribution < 1.29 is 4.74 Å². The van der Waals surface area contributed by atoms with Gasteiger partial charge in [-0.2, -0.15) is 5.26 Å². The normalized spacial score (nSPS) is 11.2. The topological polar surface area (TPSA) is 45.0 Å². The maximum absolute atomic E-state index is 8.94. The number of hydrogen-bond donors (Lipinski definition) is 1. The minimum absolute atomic E-state index is 0.216. The fourth-order valence-corrected chi connectivity index (χ4v) is 2.22. The van der Waals surface area contributed by atoms with Crippen LogP contribution in [0, 0.1) is 16.7 Å². The Hall–Kier alpha value is -1.24. The van der Waals surface area contributed by atoms with Crippen molar-refractivity contribution in [3.63, 3.8) is 0 Å². The van der Waals surface area contributed by atoms with Gasteiger partial charge in [0.25, 0.3) is 0 Å². The zero-order valence-corrected chi connectivity index (χ0v) is 13.3. The van der Waals surface area contributed by atoms with Gasteiger partial charge in [-0.25, -0.2) is 0 Å². The molecule has 0 bridgehead atoms. The largest absolute Gasteiger partial charge is 0.496 e. The standard InChI is InChI=1S/C16H23ClN2O/c1-16(2,12-18)9-4-5-10-19-11-13-14(17)7-6-8-15(13)20-3/h6-8,19H,4-5,9-11H2,1-3H3. The number of benzene rings is 1. The van der Waals surface area contributed by atoms with Gasteiger partial charge in [-0.3, -0.25) is 0 Å². The van der Waals surface area contributed by atoms with Crippen molar-refractivity contribution in [2.75, 3.05) is 13.7 Å². The molecule has 0 aliphatic carbocycles. The molecule has 1 aromatic rings.